The van der Waals surface area contributed by atoms with Gasteiger partial charge in [0.1, 0.15) is 0 Å². The van der Waals surface area contributed by atoms with Crippen LogP contribution in [0, 0.1) is 0 Å². The number of benzene rings is 2. The monoisotopic (exact) mass is 376 g/mol. The van der Waals surface area contributed by atoms with E-state index in [-0.39, 0.29) is 12.1 Å². The van der Waals surface area contributed by atoms with Crippen molar-refractivity contribution in [2.45, 2.75) is 13.5 Å². The number of likely N-dealkylation sites (N-methyl/N-ethyl adjacent to an activating group) is 1. The molecule has 142 valence electrons. The van der Waals surface area contributed by atoms with Crippen LogP contribution >= 0.6 is 0 Å². The number of carbonyl (C=O) groups excluding carboxylic acids is 1. The van der Waals surface area contributed by atoms with Crippen LogP contribution in [0.1, 0.15) is 6.92 Å². The molecule has 0 bridgehead atoms. The zero-order valence-electron chi connectivity index (χ0n) is 15.9. The molecule has 4 rings (SSSR count). The number of hydrogen-bond acceptors (Lipinski definition) is 4. The van der Waals surface area contributed by atoms with Crippen molar-refractivity contribution in [3.8, 4) is 0 Å². The Bertz CT molecular complexity index is 1410. The fourth-order valence-electron chi connectivity index (χ4n) is 3.63. The average Bonchev–Trinajstić information content (AvgIpc) is 2.65. The molecule has 0 spiro atoms. The lowest BCUT2D eigenvalue weighted by Gasteiger charge is -2.14. The predicted octanol–water partition coefficient (Wildman–Crippen LogP) is 1.44. The number of nitrogens with one attached hydrogen (secondary N) is 1. The molecular formula is C21H20N4O3. The summed E-state index contributed by atoms with van der Waals surface area (Å²) in [5.74, 6) is -0.394. The summed E-state index contributed by atoms with van der Waals surface area (Å²) in [7, 11) is 3.76. The Morgan fingerprint density at radius 3 is 2.61 bits per heavy atom. The highest BCUT2D eigenvalue weighted by Gasteiger charge is 2.18. The van der Waals surface area contributed by atoms with Gasteiger partial charge in [0.25, 0.3) is 11.1 Å². The summed E-state index contributed by atoms with van der Waals surface area (Å²) in [5, 5.41) is 3.25. The average molecular weight is 376 g/mol. The Balaban J connectivity index is 2.28. The van der Waals surface area contributed by atoms with Gasteiger partial charge in [0.15, 0.2) is 0 Å². The molecule has 4 aromatic rings. The Kier molecular flexibility index (Phi) is 4.31. The molecule has 0 aliphatic rings. The molecule has 0 saturated heterocycles. The highest BCUT2D eigenvalue weighted by Crippen LogP contribution is 2.27. The Morgan fingerprint density at radius 2 is 1.89 bits per heavy atom. The molecule has 0 saturated carbocycles. The van der Waals surface area contributed by atoms with Crippen molar-refractivity contribution in [3.63, 3.8) is 0 Å². The summed E-state index contributed by atoms with van der Waals surface area (Å²) >= 11 is 0. The third-order valence-corrected chi connectivity index (χ3v) is 4.89. The lowest BCUT2D eigenvalue weighted by atomic mass is 9.98. The van der Waals surface area contributed by atoms with E-state index in [4.69, 9.17) is 0 Å². The van der Waals surface area contributed by atoms with Gasteiger partial charge < -0.3 is 9.88 Å². The number of pyridine rings is 2. The van der Waals surface area contributed by atoms with E-state index in [2.05, 4.69) is 9.98 Å². The van der Waals surface area contributed by atoms with Crippen LogP contribution < -0.4 is 16.5 Å². The molecule has 0 unspecified atom stereocenters. The molecule has 1 amide bonds. The van der Waals surface area contributed by atoms with Gasteiger partial charge in [0.2, 0.25) is 5.91 Å². The van der Waals surface area contributed by atoms with Crippen molar-refractivity contribution < 1.29 is 4.79 Å². The highest BCUT2D eigenvalue weighted by atomic mass is 16.2. The predicted molar refractivity (Wildman–Crippen MR) is 110 cm³/mol. The number of aromatic nitrogens is 2. The summed E-state index contributed by atoms with van der Waals surface area (Å²) in [6, 6.07) is 9.05. The SMILES string of the molecule is CC(=O)N=c1ccc2c3[nH]cccc3cc3c(=O)n(CCN(C)C)c(=O)c1c32. The molecule has 2 aromatic heterocycles. The van der Waals surface area contributed by atoms with Crippen LogP contribution in [0.25, 0.3) is 32.4 Å². The second kappa shape index (κ2) is 6.69. The van der Waals surface area contributed by atoms with Gasteiger partial charge in [-0.05, 0) is 37.7 Å². The summed E-state index contributed by atoms with van der Waals surface area (Å²) in [6.07, 6.45) is 1.80. The summed E-state index contributed by atoms with van der Waals surface area (Å²) in [4.78, 5) is 47.2. The summed E-state index contributed by atoms with van der Waals surface area (Å²) in [6.45, 7) is 2.15. The first kappa shape index (κ1) is 18.1. The Hall–Kier alpha value is -3.32. The minimum Gasteiger partial charge on any atom is -0.361 e. The molecule has 2 aromatic carbocycles. The van der Waals surface area contributed by atoms with E-state index in [1.807, 2.05) is 31.1 Å². The van der Waals surface area contributed by atoms with Gasteiger partial charge in [-0.2, -0.15) is 0 Å². The lowest BCUT2D eigenvalue weighted by Crippen LogP contribution is -2.38. The number of fused-ring (bicyclic) bond motifs is 2. The quantitative estimate of drug-likeness (QED) is 0.433. The van der Waals surface area contributed by atoms with Crippen molar-refractivity contribution in [1.29, 1.82) is 0 Å². The van der Waals surface area contributed by atoms with E-state index in [9.17, 15) is 14.4 Å². The smallest absolute Gasteiger partial charge is 0.263 e. The van der Waals surface area contributed by atoms with Crippen LogP contribution in [0.2, 0.25) is 0 Å². The fourth-order valence-corrected chi connectivity index (χ4v) is 3.63. The molecule has 0 aliphatic carbocycles. The molecule has 28 heavy (non-hydrogen) atoms. The standard InChI is InChI=1S/C21H20N4O3/c1-12(26)23-16-7-6-14-17-15(11-13-5-4-8-22-19(13)14)20(27)25(10-9-24(2)3)21(28)18(16)17/h4-8,11,22H,9-10H2,1-3H3. The van der Waals surface area contributed by atoms with Crippen LogP contribution in [0.3, 0.4) is 0 Å². The van der Waals surface area contributed by atoms with Gasteiger partial charge in [-0.3, -0.25) is 19.0 Å². The van der Waals surface area contributed by atoms with E-state index < -0.39 is 11.5 Å². The topological polar surface area (TPSA) is 87.5 Å². The van der Waals surface area contributed by atoms with E-state index in [1.165, 1.54) is 11.5 Å². The molecule has 7 nitrogen and oxygen atoms in total. The minimum atomic E-state index is -0.416. The van der Waals surface area contributed by atoms with Crippen LogP contribution in [0.15, 0.2) is 51.1 Å². The maximum absolute atomic E-state index is 13.3. The number of hydrogen-bond donors (Lipinski definition) is 1. The molecule has 2 heterocycles. The van der Waals surface area contributed by atoms with Gasteiger partial charge in [-0.25, -0.2) is 4.99 Å². The summed E-state index contributed by atoms with van der Waals surface area (Å²) in [5.41, 5.74) is 0.0922. The largest absolute Gasteiger partial charge is 0.361 e. The van der Waals surface area contributed by atoms with Crippen LogP contribution in [-0.2, 0) is 11.3 Å². The lowest BCUT2D eigenvalue weighted by molar-refractivity contribution is -0.116. The normalized spacial score (nSPS) is 12.6. The van der Waals surface area contributed by atoms with Crippen LogP contribution in [0.4, 0.5) is 0 Å². The van der Waals surface area contributed by atoms with Gasteiger partial charge >= 0.3 is 0 Å². The van der Waals surface area contributed by atoms with Gasteiger partial charge in [0, 0.05) is 42.4 Å². The van der Waals surface area contributed by atoms with Gasteiger partial charge in [-0.15, -0.1) is 0 Å². The molecule has 0 fully saturated rings. The zero-order chi connectivity index (χ0) is 20.0. The van der Waals surface area contributed by atoms with E-state index >= 15 is 0 Å². The zero-order valence-corrected chi connectivity index (χ0v) is 15.9. The maximum atomic E-state index is 13.3. The number of aromatic amines is 1. The van der Waals surface area contributed by atoms with Crippen molar-refractivity contribution in [2.75, 3.05) is 20.6 Å². The number of nitrogens with zero attached hydrogens (tertiary/aromatic N) is 3. The molecule has 0 radical (unpaired) electrons. The van der Waals surface area contributed by atoms with E-state index in [0.29, 0.717) is 28.1 Å². The fraction of sp³-hybridized carbons (Fsp3) is 0.238. The molecular weight excluding hydrogens is 356 g/mol. The van der Waals surface area contributed by atoms with Crippen molar-refractivity contribution in [1.82, 2.24) is 14.5 Å². The minimum absolute atomic E-state index is 0.263. The van der Waals surface area contributed by atoms with Gasteiger partial charge in [-0.1, -0.05) is 12.1 Å². The van der Waals surface area contributed by atoms with E-state index in [0.717, 1.165) is 16.3 Å². The second-order valence-electron chi connectivity index (χ2n) is 7.14. The molecule has 0 aliphatic heterocycles. The third kappa shape index (κ3) is 2.80. The maximum Gasteiger partial charge on any atom is 0.263 e. The van der Waals surface area contributed by atoms with Crippen molar-refractivity contribution in [3.05, 3.63) is 62.6 Å². The Labute approximate surface area is 159 Å². The van der Waals surface area contributed by atoms with Crippen LogP contribution in [-0.4, -0.2) is 41.0 Å². The highest BCUT2D eigenvalue weighted by molar-refractivity contribution is 6.19. The van der Waals surface area contributed by atoms with Gasteiger partial charge in [0.05, 0.1) is 16.3 Å². The Morgan fingerprint density at radius 1 is 1.11 bits per heavy atom. The van der Waals surface area contributed by atoms with Crippen molar-refractivity contribution >= 4 is 38.4 Å². The van der Waals surface area contributed by atoms with Crippen LogP contribution in [0.5, 0.6) is 0 Å². The molecule has 1 N–H and O–H groups in total. The third-order valence-electron chi connectivity index (χ3n) is 4.89. The number of amides is 1. The number of rotatable bonds is 3. The second-order valence-corrected chi connectivity index (χ2v) is 7.14. The van der Waals surface area contributed by atoms with E-state index in [1.54, 1.807) is 24.4 Å². The first-order valence-electron chi connectivity index (χ1n) is 9.02. The number of H-pyrrole nitrogens is 1. The first-order valence-corrected chi connectivity index (χ1v) is 9.02. The summed E-state index contributed by atoms with van der Waals surface area (Å²) < 4.78 is 1.24. The van der Waals surface area contributed by atoms with Crippen molar-refractivity contribution in [2.24, 2.45) is 4.99 Å². The molecule has 0 atom stereocenters. The number of carbonyl (C=O) groups is 1. The first-order chi connectivity index (χ1) is 13.4. The molecule has 7 heteroatoms.